The molecule has 0 aliphatic heterocycles. The molecule has 0 bridgehead atoms. The predicted octanol–water partition coefficient (Wildman–Crippen LogP) is 2.85. The van der Waals surface area contributed by atoms with E-state index in [9.17, 15) is 18.3 Å². The van der Waals surface area contributed by atoms with Gasteiger partial charge in [0.05, 0.1) is 19.2 Å². The molecular weight excluding hydrogens is 273 g/mol. The zero-order valence-electron chi connectivity index (χ0n) is 11.6. The van der Waals surface area contributed by atoms with Gasteiger partial charge < -0.3 is 9.84 Å². The summed E-state index contributed by atoms with van der Waals surface area (Å²) in [4.78, 5) is 0. The number of halogens is 3. The van der Waals surface area contributed by atoms with Crippen LogP contribution in [0, 0.1) is 5.92 Å². The Labute approximate surface area is 115 Å². The standard InChI is InChI=1S/C13H19F3N2O2/c1-3-18-11(10(20-2)8-17-18)12(19)6-4-9(5-7-12)13(14,15)16/h8-9,19H,3-7H2,1-2H3. The Bertz CT molecular complexity index is 441. The van der Waals surface area contributed by atoms with Crippen LogP contribution in [0.5, 0.6) is 5.75 Å². The van der Waals surface area contributed by atoms with Gasteiger partial charge in [-0.3, -0.25) is 4.68 Å². The van der Waals surface area contributed by atoms with E-state index in [-0.39, 0.29) is 25.7 Å². The third-order valence-electron chi connectivity index (χ3n) is 4.04. The molecule has 0 amide bonds. The Morgan fingerprint density at radius 1 is 1.45 bits per heavy atom. The Balaban J connectivity index is 2.24. The van der Waals surface area contributed by atoms with Crippen LogP contribution in [0.25, 0.3) is 0 Å². The molecule has 0 spiro atoms. The van der Waals surface area contributed by atoms with E-state index in [4.69, 9.17) is 4.74 Å². The van der Waals surface area contributed by atoms with Crippen LogP contribution in [0.3, 0.4) is 0 Å². The minimum absolute atomic E-state index is 0.0687. The van der Waals surface area contributed by atoms with Crippen molar-refractivity contribution >= 4 is 0 Å². The van der Waals surface area contributed by atoms with Crippen LogP contribution >= 0.6 is 0 Å². The fraction of sp³-hybridized carbons (Fsp3) is 0.769. The zero-order chi connectivity index (χ0) is 15.0. The van der Waals surface area contributed by atoms with Crippen molar-refractivity contribution in [3.05, 3.63) is 11.9 Å². The van der Waals surface area contributed by atoms with Crippen LogP contribution in [-0.4, -0.2) is 28.2 Å². The van der Waals surface area contributed by atoms with Crippen LogP contribution in [0.15, 0.2) is 6.20 Å². The summed E-state index contributed by atoms with van der Waals surface area (Å²) in [5.74, 6) is -0.897. The lowest BCUT2D eigenvalue weighted by Gasteiger charge is -2.37. The second-order valence-electron chi connectivity index (χ2n) is 5.22. The van der Waals surface area contributed by atoms with E-state index in [2.05, 4.69) is 5.10 Å². The molecule has 1 aromatic rings. The molecule has 0 saturated heterocycles. The number of ether oxygens (including phenoxy) is 1. The average Bonchev–Trinajstić information content (AvgIpc) is 2.81. The first-order valence-electron chi connectivity index (χ1n) is 6.71. The number of rotatable bonds is 3. The fourth-order valence-electron chi connectivity index (χ4n) is 2.89. The summed E-state index contributed by atoms with van der Waals surface area (Å²) < 4.78 is 44.9. The second-order valence-corrected chi connectivity index (χ2v) is 5.22. The van der Waals surface area contributed by atoms with Gasteiger partial charge >= 0.3 is 6.18 Å². The molecule has 4 nitrogen and oxygen atoms in total. The molecule has 2 rings (SSSR count). The van der Waals surface area contributed by atoms with Gasteiger partial charge in [-0.1, -0.05) is 0 Å². The number of hydrogen-bond donors (Lipinski definition) is 1. The van der Waals surface area contributed by atoms with Crippen molar-refractivity contribution in [3.63, 3.8) is 0 Å². The first kappa shape index (κ1) is 15.2. The molecule has 0 unspecified atom stereocenters. The molecule has 7 heteroatoms. The van der Waals surface area contributed by atoms with Crippen LogP contribution < -0.4 is 4.74 Å². The molecule has 20 heavy (non-hydrogen) atoms. The first-order chi connectivity index (χ1) is 9.31. The summed E-state index contributed by atoms with van der Waals surface area (Å²) in [6, 6.07) is 0. The highest BCUT2D eigenvalue weighted by molar-refractivity contribution is 5.31. The highest BCUT2D eigenvalue weighted by Crippen LogP contribution is 2.47. The third kappa shape index (κ3) is 2.63. The van der Waals surface area contributed by atoms with Gasteiger partial charge in [-0.25, -0.2) is 0 Å². The topological polar surface area (TPSA) is 47.3 Å². The molecule has 114 valence electrons. The maximum absolute atomic E-state index is 12.7. The summed E-state index contributed by atoms with van der Waals surface area (Å²) >= 11 is 0. The van der Waals surface area contributed by atoms with Crippen LogP contribution in [0.1, 0.15) is 38.3 Å². The van der Waals surface area contributed by atoms with Crippen molar-refractivity contribution in [1.29, 1.82) is 0 Å². The van der Waals surface area contributed by atoms with E-state index in [0.29, 0.717) is 18.0 Å². The van der Waals surface area contributed by atoms with Gasteiger partial charge in [0.2, 0.25) is 0 Å². The molecule has 0 radical (unpaired) electrons. The number of alkyl halides is 3. The highest BCUT2D eigenvalue weighted by Gasteiger charge is 2.47. The normalized spacial score (nSPS) is 27.6. The minimum atomic E-state index is -4.18. The van der Waals surface area contributed by atoms with Crippen LogP contribution in [0.4, 0.5) is 13.2 Å². The van der Waals surface area contributed by atoms with E-state index in [1.54, 1.807) is 4.68 Å². The van der Waals surface area contributed by atoms with E-state index in [1.807, 2.05) is 6.92 Å². The molecule has 1 aliphatic rings. The molecule has 1 heterocycles. The van der Waals surface area contributed by atoms with E-state index < -0.39 is 17.7 Å². The number of methoxy groups -OCH3 is 1. The number of aryl methyl sites for hydroxylation is 1. The predicted molar refractivity (Wildman–Crippen MR) is 66.4 cm³/mol. The SMILES string of the molecule is CCn1ncc(OC)c1C1(O)CCC(C(F)(F)F)CC1. The molecule has 0 aromatic carbocycles. The molecular formula is C13H19F3N2O2. The summed E-state index contributed by atoms with van der Waals surface area (Å²) in [5.41, 5.74) is -0.803. The Hall–Kier alpha value is -1.24. The van der Waals surface area contributed by atoms with Crippen LogP contribution in [-0.2, 0) is 12.1 Å². The van der Waals surface area contributed by atoms with Crippen molar-refractivity contribution in [3.8, 4) is 5.75 Å². The van der Waals surface area contributed by atoms with Crippen molar-refractivity contribution < 1.29 is 23.0 Å². The van der Waals surface area contributed by atoms with Gasteiger partial charge in [-0.15, -0.1) is 0 Å². The van der Waals surface area contributed by atoms with Crippen LogP contribution in [0.2, 0.25) is 0 Å². The summed E-state index contributed by atoms with van der Waals surface area (Å²) in [7, 11) is 1.46. The lowest BCUT2D eigenvalue weighted by molar-refractivity contribution is -0.193. The third-order valence-corrected chi connectivity index (χ3v) is 4.04. The average molecular weight is 292 g/mol. The lowest BCUT2D eigenvalue weighted by atomic mass is 9.76. The van der Waals surface area contributed by atoms with Gasteiger partial charge in [0, 0.05) is 6.54 Å². The monoisotopic (exact) mass is 292 g/mol. The summed E-state index contributed by atoms with van der Waals surface area (Å²) in [6.07, 6.45) is -2.70. The molecule has 1 saturated carbocycles. The Kier molecular flexibility index (Phi) is 4.00. The van der Waals surface area contributed by atoms with Crippen molar-refractivity contribution in [2.45, 2.75) is 50.9 Å². The van der Waals surface area contributed by atoms with Crippen molar-refractivity contribution in [2.24, 2.45) is 5.92 Å². The molecule has 0 atom stereocenters. The van der Waals surface area contributed by atoms with Gasteiger partial charge in [0.15, 0.2) is 5.75 Å². The fourth-order valence-corrected chi connectivity index (χ4v) is 2.89. The van der Waals surface area contributed by atoms with E-state index in [1.165, 1.54) is 13.3 Å². The van der Waals surface area contributed by atoms with E-state index in [0.717, 1.165) is 0 Å². The summed E-state index contributed by atoms with van der Waals surface area (Å²) in [5, 5.41) is 14.8. The first-order valence-corrected chi connectivity index (χ1v) is 6.71. The lowest BCUT2D eigenvalue weighted by Crippen LogP contribution is -2.38. The van der Waals surface area contributed by atoms with Crippen molar-refractivity contribution in [1.82, 2.24) is 9.78 Å². The quantitative estimate of drug-likeness (QED) is 0.932. The minimum Gasteiger partial charge on any atom is -0.493 e. The second kappa shape index (κ2) is 5.27. The Morgan fingerprint density at radius 2 is 2.05 bits per heavy atom. The zero-order valence-corrected chi connectivity index (χ0v) is 11.6. The number of hydrogen-bond acceptors (Lipinski definition) is 3. The van der Waals surface area contributed by atoms with E-state index >= 15 is 0 Å². The number of nitrogens with zero attached hydrogens (tertiary/aromatic N) is 2. The molecule has 1 aromatic heterocycles. The summed E-state index contributed by atoms with van der Waals surface area (Å²) in [6.45, 7) is 2.39. The molecule has 1 aliphatic carbocycles. The highest BCUT2D eigenvalue weighted by atomic mass is 19.4. The van der Waals surface area contributed by atoms with Gasteiger partial charge in [0.25, 0.3) is 0 Å². The maximum atomic E-state index is 12.7. The maximum Gasteiger partial charge on any atom is 0.391 e. The molecule has 1 fully saturated rings. The van der Waals surface area contributed by atoms with Crippen molar-refractivity contribution in [2.75, 3.05) is 7.11 Å². The largest absolute Gasteiger partial charge is 0.493 e. The van der Waals surface area contributed by atoms with Gasteiger partial charge in [0.1, 0.15) is 11.3 Å². The smallest absolute Gasteiger partial charge is 0.391 e. The Morgan fingerprint density at radius 3 is 2.50 bits per heavy atom. The number of aromatic nitrogens is 2. The molecule has 1 N–H and O–H groups in total. The van der Waals surface area contributed by atoms with Gasteiger partial charge in [-0.05, 0) is 32.6 Å². The number of aliphatic hydroxyl groups is 1. The van der Waals surface area contributed by atoms with Gasteiger partial charge in [-0.2, -0.15) is 18.3 Å².